The highest BCUT2D eigenvalue weighted by Crippen LogP contribution is 2.54. The van der Waals surface area contributed by atoms with Crippen LogP contribution >= 0.6 is 0 Å². The van der Waals surface area contributed by atoms with E-state index in [-0.39, 0.29) is 80.6 Å². The lowest BCUT2D eigenvalue weighted by Crippen LogP contribution is -2.53. The molecule has 4 aromatic carbocycles. The Morgan fingerprint density at radius 1 is 0.627 bits per heavy atom. The number of aliphatic hydroxyl groups is 5. The molecule has 2 aliphatic heterocycles. The van der Waals surface area contributed by atoms with Crippen LogP contribution in [0.25, 0.3) is 0 Å². The summed E-state index contributed by atoms with van der Waals surface area (Å²) in [6.07, 6.45) is -9.50. The van der Waals surface area contributed by atoms with Gasteiger partial charge in [0.25, 0.3) is 0 Å². The van der Waals surface area contributed by atoms with E-state index in [0.717, 1.165) is 0 Å². The van der Waals surface area contributed by atoms with Crippen LogP contribution in [0.15, 0.2) is 42.5 Å². The second-order valence-corrected chi connectivity index (χ2v) is 20.0. The van der Waals surface area contributed by atoms with Crippen LogP contribution < -0.4 is 16.2 Å². The minimum Gasteiger partial charge on any atom is -0.507 e. The summed E-state index contributed by atoms with van der Waals surface area (Å²) in [6.45, 7) is 3.36. The lowest BCUT2D eigenvalue weighted by atomic mass is 9.72. The van der Waals surface area contributed by atoms with Crippen molar-refractivity contribution in [2.75, 3.05) is 13.7 Å². The standard InChI is InChI=1S/C27H29NO11.C26H27NO9/c1-10-22(31)13(28)6-17(38-10)39-15-8-27(36,16(30)9-29)7-12-19(15)26(35)21-20(24(12)33)23(32)11-4-3-5-14(37-2)18(11)25(21)34;1-10-21(29)15(27)7-17(35-10)36-16-9-26(34,11(2)28)8-14-18(16)25(33)20-19(24(14)32)22(30)12-5-3-4-6-13(12)23(20)31/h3-5,10,13,15,17,22,29,31,33,35-36H,6-9,28H2,1-2H3;3-6,10,15-17,21,29,32-34H,7-9,27H2,1-2H3/t10-,13-,15-,17-,22-,27-;10-,15-,16-,17-,21+,26-/m00/s1. The lowest BCUT2D eigenvalue weighted by molar-refractivity contribution is -0.247. The van der Waals surface area contributed by atoms with Gasteiger partial charge in [-0.05, 0) is 26.8 Å². The molecule has 0 unspecified atom stereocenters. The summed E-state index contributed by atoms with van der Waals surface area (Å²) in [6, 6.07) is 9.04. The predicted molar refractivity (Wildman–Crippen MR) is 256 cm³/mol. The third-order valence-electron chi connectivity index (χ3n) is 15.3. The number of phenolic OH excluding ortho intramolecular Hbond substituents is 4. The van der Waals surface area contributed by atoms with E-state index in [0.29, 0.717) is 0 Å². The normalized spacial score (nSPS) is 30.6. The zero-order valence-electron chi connectivity index (χ0n) is 40.9. The highest BCUT2D eigenvalue weighted by atomic mass is 16.7. The molecule has 0 amide bonds. The molecule has 22 nitrogen and oxygen atoms in total. The maximum atomic E-state index is 13.6. The summed E-state index contributed by atoms with van der Waals surface area (Å²) in [5, 5.41) is 97.5. The fraction of sp³-hybridized carbons (Fsp3) is 0.434. The van der Waals surface area contributed by atoms with Crippen molar-refractivity contribution >= 4 is 34.7 Å². The number of fused-ring (bicyclic) bond motifs is 6. The molecule has 2 saturated heterocycles. The smallest absolute Gasteiger partial charge is 0.202 e. The van der Waals surface area contributed by atoms with Gasteiger partial charge in [0.1, 0.15) is 46.6 Å². The molecule has 13 N–H and O–H groups in total. The fourth-order valence-electron chi connectivity index (χ4n) is 11.2. The molecule has 75 heavy (non-hydrogen) atoms. The Morgan fingerprint density at radius 2 is 1.04 bits per heavy atom. The van der Waals surface area contributed by atoms with Crippen LogP contribution in [0, 0.1) is 0 Å². The zero-order valence-corrected chi connectivity index (χ0v) is 40.9. The molecule has 0 radical (unpaired) electrons. The molecule has 2 fully saturated rings. The molecule has 6 aliphatic rings. The Hall–Kier alpha value is -6.54. The van der Waals surface area contributed by atoms with E-state index in [9.17, 15) is 74.7 Å². The topological polar surface area (TPSA) is 383 Å². The van der Waals surface area contributed by atoms with Gasteiger partial charge in [-0.25, -0.2) is 0 Å². The largest absolute Gasteiger partial charge is 0.507 e. The van der Waals surface area contributed by atoms with E-state index in [2.05, 4.69) is 0 Å². The van der Waals surface area contributed by atoms with E-state index < -0.39 is 167 Å². The molecule has 22 heteroatoms. The quantitative estimate of drug-likeness (QED) is 0.0948. The Kier molecular flexibility index (Phi) is 13.9. The number of ketones is 6. The first kappa shape index (κ1) is 53.3. The van der Waals surface area contributed by atoms with Gasteiger partial charge in [-0.15, -0.1) is 0 Å². The van der Waals surface area contributed by atoms with Gasteiger partial charge >= 0.3 is 0 Å². The van der Waals surface area contributed by atoms with Crippen LogP contribution in [0.2, 0.25) is 0 Å². The summed E-state index contributed by atoms with van der Waals surface area (Å²) < 4.78 is 28.8. The molecule has 0 saturated carbocycles. The van der Waals surface area contributed by atoms with Crippen molar-refractivity contribution in [2.24, 2.45) is 11.5 Å². The molecular formula is C53H56N2O20. The van der Waals surface area contributed by atoms with Gasteiger partial charge in [0.2, 0.25) is 5.78 Å². The third-order valence-corrected chi connectivity index (χ3v) is 15.3. The minimum absolute atomic E-state index is 0.00588. The van der Waals surface area contributed by atoms with Crippen molar-refractivity contribution in [3.8, 4) is 28.7 Å². The summed E-state index contributed by atoms with van der Waals surface area (Å²) in [4.78, 5) is 78.8. The molecule has 2 heterocycles. The van der Waals surface area contributed by atoms with Crippen LogP contribution in [-0.4, -0.2) is 155 Å². The predicted octanol–water partition coefficient (Wildman–Crippen LogP) is 1.02. The first-order chi connectivity index (χ1) is 35.4. The highest BCUT2D eigenvalue weighted by molar-refractivity contribution is 6.32. The maximum Gasteiger partial charge on any atom is 0.202 e. The average molecular weight is 1040 g/mol. The molecule has 0 spiro atoms. The molecule has 0 bridgehead atoms. The number of phenols is 4. The zero-order chi connectivity index (χ0) is 54.5. The van der Waals surface area contributed by atoms with E-state index >= 15 is 0 Å². The molecule has 0 aromatic heterocycles. The summed E-state index contributed by atoms with van der Waals surface area (Å²) in [7, 11) is 1.32. The van der Waals surface area contributed by atoms with Gasteiger partial charge in [-0.3, -0.25) is 28.8 Å². The SMILES string of the molecule is CC(=O)[C@]1(O)Cc2c(O)c3c(c(O)c2[C@@H](O[C@H]2C[C@H](N)[C@H](O)[C@H](C)O2)C1)C(=O)c1ccccc1C3=O.COc1cccc2c1C(=O)c1c(O)c3c(c(O)c1C2=O)C[C@@](O)(C(=O)CO)C[C@@H]3O[C@H]1C[C@H](N)[C@@H](O)[C@H](C)O1. The van der Waals surface area contributed by atoms with Crippen LogP contribution in [0.3, 0.4) is 0 Å². The number of benzene rings is 4. The molecule has 10 rings (SSSR count). The van der Waals surface area contributed by atoms with Gasteiger partial charge in [0.05, 0.1) is 71.6 Å². The van der Waals surface area contributed by atoms with E-state index in [4.69, 9.17) is 35.2 Å². The maximum absolute atomic E-state index is 13.6. The number of rotatable bonds is 8. The molecule has 4 aliphatic carbocycles. The Bertz CT molecular complexity index is 3080. The van der Waals surface area contributed by atoms with E-state index in [1.54, 1.807) is 26.0 Å². The van der Waals surface area contributed by atoms with Crippen LogP contribution in [0.4, 0.5) is 0 Å². The number of hydrogen-bond donors (Lipinski definition) is 11. The van der Waals surface area contributed by atoms with Crippen molar-refractivity contribution in [3.63, 3.8) is 0 Å². The number of hydrogen-bond acceptors (Lipinski definition) is 22. The second kappa shape index (κ2) is 19.5. The van der Waals surface area contributed by atoms with Crippen LogP contribution in [-0.2, 0) is 41.4 Å². The second-order valence-electron chi connectivity index (χ2n) is 20.0. The highest BCUT2D eigenvalue weighted by Gasteiger charge is 2.52. The molecule has 4 aromatic rings. The Morgan fingerprint density at radius 3 is 1.48 bits per heavy atom. The molecule has 398 valence electrons. The van der Waals surface area contributed by atoms with Gasteiger partial charge < -0.3 is 81.1 Å². The van der Waals surface area contributed by atoms with Crippen molar-refractivity contribution in [3.05, 3.63) is 109 Å². The number of carbonyl (C=O) groups excluding carboxylic acids is 6. The number of carbonyl (C=O) groups is 6. The van der Waals surface area contributed by atoms with Crippen molar-refractivity contribution in [1.29, 1.82) is 0 Å². The van der Waals surface area contributed by atoms with Crippen LogP contribution in [0.5, 0.6) is 28.7 Å². The fourth-order valence-corrected chi connectivity index (χ4v) is 11.2. The number of aliphatic hydroxyl groups excluding tert-OH is 3. The third kappa shape index (κ3) is 8.68. The summed E-state index contributed by atoms with van der Waals surface area (Å²) >= 11 is 0. The van der Waals surface area contributed by atoms with Crippen molar-refractivity contribution in [2.45, 2.75) is 132 Å². The number of methoxy groups -OCH3 is 1. The monoisotopic (exact) mass is 1040 g/mol. The lowest BCUT2D eigenvalue weighted by Gasteiger charge is -2.42. The van der Waals surface area contributed by atoms with Gasteiger partial charge in [0, 0.05) is 89.6 Å². The van der Waals surface area contributed by atoms with Gasteiger partial charge in [-0.1, -0.05) is 36.4 Å². The van der Waals surface area contributed by atoms with Gasteiger partial charge in [-0.2, -0.15) is 0 Å². The Balaban J connectivity index is 0.000000184. The van der Waals surface area contributed by atoms with Gasteiger partial charge in [0.15, 0.2) is 41.5 Å². The van der Waals surface area contributed by atoms with Crippen LogP contribution in [0.1, 0.15) is 145 Å². The number of aromatic hydroxyl groups is 4. The number of ether oxygens (including phenoxy) is 5. The molecular weight excluding hydrogens is 985 g/mol. The summed E-state index contributed by atoms with van der Waals surface area (Å²) in [5.41, 5.74) is 5.75. The minimum atomic E-state index is -2.24. The molecule has 12 atom stereocenters. The number of nitrogens with two attached hydrogens (primary N) is 2. The van der Waals surface area contributed by atoms with Crippen molar-refractivity contribution in [1.82, 2.24) is 0 Å². The van der Waals surface area contributed by atoms with E-state index in [1.165, 1.54) is 44.4 Å². The van der Waals surface area contributed by atoms with E-state index in [1.807, 2.05) is 0 Å². The summed E-state index contributed by atoms with van der Waals surface area (Å²) in [5.74, 6) is -6.83. The Labute approximate surface area is 427 Å². The number of Topliss-reactive ketones (excluding diaryl/α,β-unsaturated/α-hetero) is 2. The first-order valence-electron chi connectivity index (χ1n) is 24.1. The first-order valence-corrected chi connectivity index (χ1v) is 24.1. The van der Waals surface area contributed by atoms with Crippen molar-refractivity contribution < 1.29 is 98.4 Å². The average Bonchev–Trinajstić information content (AvgIpc) is 3.40.